The molecule has 0 radical (unpaired) electrons. The predicted molar refractivity (Wildman–Crippen MR) is 98.2 cm³/mol. The molecule has 6 fully saturated rings. The predicted octanol–water partition coefficient (Wildman–Crippen LogP) is 5.20. The molecule has 2 heterocycles. The van der Waals surface area contributed by atoms with Crippen LogP contribution in [0.15, 0.2) is 0 Å². The van der Waals surface area contributed by atoms with Gasteiger partial charge in [0.05, 0.1) is 24.4 Å². The molecule has 0 spiro atoms. The molecule has 2 saturated heterocycles. The molecule has 0 amide bonds. The van der Waals surface area contributed by atoms with Crippen LogP contribution in [0.25, 0.3) is 0 Å². The average Bonchev–Trinajstić information content (AvgIpc) is 3.54. The number of ether oxygens (including phenoxy) is 2. The van der Waals surface area contributed by atoms with Gasteiger partial charge < -0.3 is 9.47 Å². The van der Waals surface area contributed by atoms with E-state index in [1.54, 1.807) is 0 Å². The molecular weight excluding hydrogens is 308 g/mol. The second-order valence-electron chi connectivity index (χ2n) is 10.7. The third kappa shape index (κ3) is 2.73. The van der Waals surface area contributed by atoms with Crippen molar-refractivity contribution in [1.82, 2.24) is 0 Å². The SMILES string of the molecule is CC1CCC(C2CCC(C3CC4CCC5OC5C4C4OC34)CC2)CC1. The maximum Gasteiger partial charge on any atom is 0.0901 e. The lowest BCUT2D eigenvalue weighted by Crippen LogP contribution is -2.41. The van der Waals surface area contributed by atoms with Crippen LogP contribution in [0.5, 0.6) is 0 Å². The maximum atomic E-state index is 6.29. The standard InChI is InChI=1S/C23H36O2/c1-13-2-4-14(5-3-13)15-6-8-16(9-7-15)18-12-17-10-11-19-22(24-19)20(17)23-21(18)25-23/h13-23H,2-12H2,1H3. The van der Waals surface area contributed by atoms with Crippen molar-refractivity contribution in [2.24, 2.45) is 41.4 Å². The molecule has 2 nitrogen and oxygen atoms in total. The van der Waals surface area contributed by atoms with Gasteiger partial charge in [0.2, 0.25) is 0 Å². The topological polar surface area (TPSA) is 25.1 Å². The Balaban J connectivity index is 1.06. The van der Waals surface area contributed by atoms with Gasteiger partial charge in [-0.1, -0.05) is 19.8 Å². The molecule has 0 aromatic rings. The molecule has 0 aromatic carbocycles. The second-order valence-corrected chi connectivity index (χ2v) is 10.7. The van der Waals surface area contributed by atoms with Gasteiger partial charge in [0.15, 0.2) is 0 Å². The molecule has 25 heavy (non-hydrogen) atoms. The van der Waals surface area contributed by atoms with Gasteiger partial charge in [-0.25, -0.2) is 0 Å². The third-order valence-corrected chi connectivity index (χ3v) is 9.45. The Morgan fingerprint density at radius 3 is 1.96 bits per heavy atom. The van der Waals surface area contributed by atoms with Crippen molar-refractivity contribution in [3.05, 3.63) is 0 Å². The van der Waals surface area contributed by atoms with E-state index in [9.17, 15) is 0 Å². The van der Waals surface area contributed by atoms with Crippen LogP contribution < -0.4 is 0 Å². The molecule has 0 aromatic heterocycles. The highest BCUT2D eigenvalue weighted by Gasteiger charge is 2.65. The highest BCUT2D eigenvalue weighted by atomic mass is 16.6. The normalized spacial score (nSPS) is 60.1. The first-order chi connectivity index (χ1) is 12.3. The van der Waals surface area contributed by atoms with Crippen molar-refractivity contribution < 1.29 is 9.47 Å². The monoisotopic (exact) mass is 344 g/mol. The van der Waals surface area contributed by atoms with Crippen LogP contribution in [0.1, 0.15) is 77.6 Å². The fraction of sp³-hybridized carbons (Fsp3) is 1.00. The summed E-state index contributed by atoms with van der Waals surface area (Å²) in [5, 5.41) is 0. The van der Waals surface area contributed by atoms with Crippen LogP contribution in [0.2, 0.25) is 0 Å². The summed E-state index contributed by atoms with van der Waals surface area (Å²) < 4.78 is 12.2. The first-order valence-corrected chi connectivity index (χ1v) is 11.6. The summed E-state index contributed by atoms with van der Waals surface area (Å²) in [5.41, 5.74) is 0. The Morgan fingerprint density at radius 1 is 0.560 bits per heavy atom. The number of rotatable bonds is 2. The Morgan fingerprint density at radius 2 is 1.20 bits per heavy atom. The Kier molecular flexibility index (Phi) is 3.80. The summed E-state index contributed by atoms with van der Waals surface area (Å²) in [7, 11) is 0. The number of fused-ring (bicyclic) bond motifs is 5. The summed E-state index contributed by atoms with van der Waals surface area (Å²) in [6.07, 6.45) is 18.8. The molecule has 0 bridgehead atoms. The van der Waals surface area contributed by atoms with Crippen molar-refractivity contribution in [2.75, 3.05) is 0 Å². The van der Waals surface area contributed by atoms with E-state index in [0.717, 1.165) is 41.4 Å². The molecule has 2 aliphatic heterocycles. The smallest absolute Gasteiger partial charge is 0.0901 e. The zero-order chi connectivity index (χ0) is 16.5. The van der Waals surface area contributed by atoms with E-state index in [-0.39, 0.29) is 0 Å². The zero-order valence-electron chi connectivity index (χ0n) is 15.9. The van der Waals surface area contributed by atoms with E-state index in [0.29, 0.717) is 24.4 Å². The first kappa shape index (κ1) is 15.9. The highest BCUT2D eigenvalue weighted by molar-refractivity contribution is 5.12. The largest absolute Gasteiger partial charge is 0.369 e. The number of hydrogen-bond donors (Lipinski definition) is 0. The van der Waals surface area contributed by atoms with Gasteiger partial charge in [-0.3, -0.25) is 0 Å². The van der Waals surface area contributed by atoms with Crippen LogP contribution in [0, 0.1) is 41.4 Å². The lowest BCUT2D eigenvalue weighted by atomic mass is 9.61. The average molecular weight is 345 g/mol. The van der Waals surface area contributed by atoms with Crippen LogP contribution in [-0.2, 0) is 9.47 Å². The Bertz CT molecular complexity index is 502. The molecule has 4 saturated carbocycles. The third-order valence-electron chi connectivity index (χ3n) is 9.45. The molecule has 140 valence electrons. The molecule has 0 N–H and O–H groups in total. The van der Waals surface area contributed by atoms with Gasteiger partial charge in [-0.05, 0) is 93.3 Å². The molecule has 2 heteroatoms. The van der Waals surface area contributed by atoms with Crippen molar-refractivity contribution >= 4 is 0 Å². The number of hydrogen-bond acceptors (Lipinski definition) is 2. The van der Waals surface area contributed by atoms with Crippen molar-refractivity contribution in [1.29, 1.82) is 0 Å². The van der Waals surface area contributed by atoms with Gasteiger partial charge >= 0.3 is 0 Å². The van der Waals surface area contributed by atoms with Crippen LogP contribution in [0.4, 0.5) is 0 Å². The Labute approximate surface area is 153 Å². The summed E-state index contributed by atoms with van der Waals surface area (Å²) in [4.78, 5) is 0. The molecule has 7 atom stereocenters. The summed E-state index contributed by atoms with van der Waals surface area (Å²) in [6, 6.07) is 0. The molecule has 6 rings (SSSR count). The fourth-order valence-corrected chi connectivity index (χ4v) is 7.83. The molecule has 6 aliphatic rings. The molecular formula is C23H36O2. The lowest BCUT2D eigenvalue weighted by Gasteiger charge is -2.42. The minimum absolute atomic E-state index is 0.594. The molecule has 4 aliphatic carbocycles. The van der Waals surface area contributed by atoms with Crippen molar-refractivity contribution in [3.63, 3.8) is 0 Å². The highest BCUT2D eigenvalue weighted by Crippen LogP contribution is 2.60. The molecule has 7 unspecified atom stereocenters. The van der Waals surface area contributed by atoms with Crippen molar-refractivity contribution in [3.8, 4) is 0 Å². The summed E-state index contributed by atoms with van der Waals surface area (Å²) >= 11 is 0. The maximum absolute atomic E-state index is 6.29. The fourth-order valence-electron chi connectivity index (χ4n) is 7.83. The minimum Gasteiger partial charge on any atom is -0.369 e. The van der Waals surface area contributed by atoms with Crippen LogP contribution >= 0.6 is 0 Å². The zero-order valence-corrected chi connectivity index (χ0v) is 15.9. The van der Waals surface area contributed by atoms with E-state index >= 15 is 0 Å². The lowest BCUT2D eigenvalue weighted by molar-refractivity contribution is 0.0865. The first-order valence-electron chi connectivity index (χ1n) is 11.6. The second kappa shape index (κ2) is 5.96. The van der Waals surface area contributed by atoms with Crippen LogP contribution in [-0.4, -0.2) is 24.4 Å². The summed E-state index contributed by atoms with van der Waals surface area (Å²) in [6.45, 7) is 2.45. The number of epoxide rings is 2. The van der Waals surface area contributed by atoms with Gasteiger partial charge in [0, 0.05) is 5.92 Å². The van der Waals surface area contributed by atoms with E-state index in [1.165, 1.54) is 70.6 Å². The van der Waals surface area contributed by atoms with Crippen molar-refractivity contribution in [2.45, 2.75) is 102 Å². The minimum atomic E-state index is 0.594. The van der Waals surface area contributed by atoms with Crippen LogP contribution in [0.3, 0.4) is 0 Å². The van der Waals surface area contributed by atoms with Gasteiger partial charge in [-0.2, -0.15) is 0 Å². The van der Waals surface area contributed by atoms with Gasteiger partial charge in [0.1, 0.15) is 0 Å². The van der Waals surface area contributed by atoms with E-state index in [2.05, 4.69) is 6.92 Å². The Hall–Kier alpha value is -0.0800. The van der Waals surface area contributed by atoms with Gasteiger partial charge in [-0.15, -0.1) is 0 Å². The van der Waals surface area contributed by atoms with E-state index < -0.39 is 0 Å². The van der Waals surface area contributed by atoms with E-state index in [1.807, 2.05) is 0 Å². The quantitative estimate of drug-likeness (QED) is 0.643. The van der Waals surface area contributed by atoms with E-state index in [4.69, 9.17) is 9.47 Å². The summed E-state index contributed by atoms with van der Waals surface area (Å²) in [5.74, 6) is 6.71. The van der Waals surface area contributed by atoms with Gasteiger partial charge in [0.25, 0.3) is 0 Å².